The number of hydrogen-bond donors (Lipinski definition) is 0. The predicted molar refractivity (Wildman–Crippen MR) is 106 cm³/mol. The van der Waals surface area contributed by atoms with Crippen LogP contribution in [-0.4, -0.2) is 19.0 Å². The van der Waals surface area contributed by atoms with Gasteiger partial charge in [-0.1, -0.05) is 61.9 Å². The van der Waals surface area contributed by atoms with Gasteiger partial charge in [-0.25, -0.2) is 0 Å². The first kappa shape index (κ1) is 19.5. The molecule has 0 N–H and O–H groups in total. The highest BCUT2D eigenvalue weighted by atomic mass is 19.3. The molecule has 1 saturated carbocycles. The molecule has 2 aromatic rings. The Bertz CT molecular complexity index is 762. The summed E-state index contributed by atoms with van der Waals surface area (Å²) in [5, 5.41) is 0. The van der Waals surface area contributed by atoms with Crippen LogP contribution in [-0.2, 0) is 15.9 Å². The Kier molecular flexibility index (Phi) is 5.79. The Morgan fingerprint density at radius 1 is 0.893 bits per heavy atom. The molecule has 28 heavy (non-hydrogen) atoms. The van der Waals surface area contributed by atoms with E-state index in [0.717, 1.165) is 32.1 Å². The first-order chi connectivity index (χ1) is 13.5. The van der Waals surface area contributed by atoms with E-state index in [1.165, 1.54) is 28.7 Å². The van der Waals surface area contributed by atoms with Crippen molar-refractivity contribution in [1.29, 1.82) is 0 Å². The highest BCUT2D eigenvalue weighted by molar-refractivity contribution is 5.64. The van der Waals surface area contributed by atoms with Crippen LogP contribution in [0.15, 0.2) is 48.5 Å². The lowest BCUT2D eigenvalue weighted by Gasteiger charge is -2.31. The van der Waals surface area contributed by atoms with Crippen molar-refractivity contribution in [2.24, 2.45) is 5.92 Å². The summed E-state index contributed by atoms with van der Waals surface area (Å²) in [5.74, 6) is 0.672. The van der Waals surface area contributed by atoms with Crippen molar-refractivity contribution in [3.05, 3.63) is 59.7 Å². The molecule has 2 nitrogen and oxygen atoms in total. The van der Waals surface area contributed by atoms with Gasteiger partial charge in [-0.3, -0.25) is 9.47 Å². The minimum absolute atomic E-state index is 0.00801. The molecule has 2 aromatic carbocycles. The van der Waals surface area contributed by atoms with Gasteiger partial charge in [0.1, 0.15) is 0 Å². The van der Waals surface area contributed by atoms with Crippen LogP contribution in [0.3, 0.4) is 0 Å². The maximum Gasteiger partial charge on any atom is 0.485 e. The van der Waals surface area contributed by atoms with Gasteiger partial charge in [0, 0.05) is 0 Å². The smallest absolute Gasteiger partial charge is 0.293 e. The first-order valence-corrected chi connectivity index (χ1v) is 10.4. The number of hydrogen-bond acceptors (Lipinski definition) is 2. The molecule has 0 amide bonds. The zero-order chi connectivity index (χ0) is 19.6. The van der Waals surface area contributed by atoms with Gasteiger partial charge in [0.05, 0.1) is 12.7 Å². The molecule has 4 heteroatoms. The molecule has 1 saturated heterocycles. The molecule has 1 aliphatic heterocycles. The second-order valence-electron chi connectivity index (χ2n) is 8.11. The van der Waals surface area contributed by atoms with E-state index >= 15 is 0 Å². The summed E-state index contributed by atoms with van der Waals surface area (Å²) >= 11 is 0. The molecule has 2 fully saturated rings. The molecule has 1 unspecified atom stereocenters. The average molecular weight is 386 g/mol. The second-order valence-corrected chi connectivity index (χ2v) is 8.11. The number of benzene rings is 2. The Morgan fingerprint density at radius 2 is 1.50 bits per heavy atom. The molecule has 0 spiro atoms. The lowest BCUT2D eigenvalue weighted by molar-refractivity contribution is -0.348. The summed E-state index contributed by atoms with van der Waals surface area (Å²) in [5.41, 5.74) is 5.21. The van der Waals surface area contributed by atoms with Crippen LogP contribution in [0.1, 0.15) is 56.1 Å². The van der Waals surface area contributed by atoms with Crippen LogP contribution in [0, 0.1) is 5.92 Å². The van der Waals surface area contributed by atoms with Gasteiger partial charge in [-0.15, -0.1) is 8.78 Å². The topological polar surface area (TPSA) is 18.5 Å². The molecule has 4 rings (SSSR count). The zero-order valence-electron chi connectivity index (χ0n) is 16.4. The molecule has 0 aromatic heterocycles. The largest absolute Gasteiger partial charge is 0.485 e. The third-order valence-electron chi connectivity index (χ3n) is 6.21. The summed E-state index contributed by atoms with van der Waals surface area (Å²) in [7, 11) is 0. The van der Waals surface area contributed by atoms with Crippen LogP contribution >= 0.6 is 0 Å². The summed E-state index contributed by atoms with van der Waals surface area (Å²) in [4.78, 5) is 0. The van der Waals surface area contributed by atoms with Crippen LogP contribution < -0.4 is 0 Å². The standard InChI is InChI=1S/C24H28F2O2/c1-2-3-17-4-6-18(7-5-17)19-8-10-20(11-9-19)21-12-14-22(15-13-21)23-16-27-24(25,26)28-23/h4-11,21-23H,2-3,12-16H2,1H3. The lowest BCUT2D eigenvalue weighted by atomic mass is 9.76. The maximum atomic E-state index is 13.1. The van der Waals surface area contributed by atoms with Gasteiger partial charge >= 0.3 is 6.29 Å². The van der Waals surface area contributed by atoms with E-state index in [1.54, 1.807) is 0 Å². The number of aryl methyl sites for hydroxylation is 1. The second kappa shape index (κ2) is 8.30. The van der Waals surface area contributed by atoms with Crippen molar-refractivity contribution < 1.29 is 18.3 Å². The average Bonchev–Trinajstić information content (AvgIpc) is 3.09. The van der Waals surface area contributed by atoms with Crippen molar-refractivity contribution >= 4 is 0 Å². The van der Waals surface area contributed by atoms with Gasteiger partial charge in [0.25, 0.3) is 0 Å². The Labute approximate surface area is 165 Å². The number of ether oxygens (including phenoxy) is 2. The van der Waals surface area contributed by atoms with E-state index < -0.39 is 12.4 Å². The molecule has 1 aliphatic carbocycles. The summed E-state index contributed by atoms with van der Waals surface area (Å²) in [6.45, 7) is 2.21. The molecule has 1 heterocycles. The van der Waals surface area contributed by atoms with Crippen molar-refractivity contribution in [1.82, 2.24) is 0 Å². The van der Waals surface area contributed by atoms with Gasteiger partial charge in [-0.05, 0) is 66.2 Å². The van der Waals surface area contributed by atoms with Crippen molar-refractivity contribution in [3.8, 4) is 11.1 Å². The maximum absolute atomic E-state index is 13.1. The summed E-state index contributed by atoms with van der Waals surface area (Å²) in [6, 6.07) is 17.7. The highest BCUT2D eigenvalue weighted by Gasteiger charge is 2.46. The third-order valence-corrected chi connectivity index (χ3v) is 6.21. The molecule has 0 radical (unpaired) electrons. The molecule has 0 bridgehead atoms. The zero-order valence-corrected chi connectivity index (χ0v) is 16.4. The number of rotatable bonds is 5. The van der Waals surface area contributed by atoms with Gasteiger partial charge in [0.2, 0.25) is 0 Å². The van der Waals surface area contributed by atoms with Crippen LogP contribution in [0.2, 0.25) is 0 Å². The first-order valence-electron chi connectivity index (χ1n) is 10.4. The van der Waals surface area contributed by atoms with Gasteiger partial charge in [-0.2, -0.15) is 0 Å². The van der Waals surface area contributed by atoms with E-state index in [1.807, 2.05) is 0 Å². The SMILES string of the molecule is CCCc1ccc(-c2ccc(C3CCC(C4COC(F)(F)O4)CC3)cc2)cc1. The van der Waals surface area contributed by atoms with Crippen molar-refractivity contribution in [2.75, 3.05) is 6.61 Å². The molecular formula is C24H28F2O2. The van der Waals surface area contributed by atoms with Crippen molar-refractivity contribution in [2.45, 2.75) is 63.8 Å². The summed E-state index contributed by atoms with van der Waals surface area (Å²) < 4.78 is 35.4. The fourth-order valence-electron chi connectivity index (χ4n) is 4.58. The Morgan fingerprint density at radius 3 is 2.04 bits per heavy atom. The van der Waals surface area contributed by atoms with Crippen molar-refractivity contribution in [3.63, 3.8) is 0 Å². The van der Waals surface area contributed by atoms with E-state index in [9.17, 15) is 8.78 Å². The monoisotopic (exact) mass is 386 g/mol. The fraction of sp³-hybridized carbons (Fsp3) is 0.500. The molecule has 2 aliphatic rings. The summed E-state index contributed by atoms with van der Waals surface area (Å²) in [6.07, 6.45) is 2.28. The Balaban J connectivity index is 1.34. The minimum atomic E-state index is -3.40. The van der Waals surface area contributed by atoms with Crippen LogP contribution in [0.4, 0.5) is 8.78 Å². The van der Waals surface area contributed by atoms with E-state index in [0.29, 0.717) is 5.92 Å². The quantitative estimate of drug-likeness (QED) is 0.580. The van der Waals surface area contributed by atoms with E-state index in [4.69, 9.17) is 4.74 Å². The van der Waals surface area contributed by atoms with Crippen LogP contribution in [0.25, 0.3) is 11.1 Å². The molecular weight excluding hydrogens is 358 g/mol. The molecule has 150 valence electrons. The predicted octanol–water partition coefficient (Wildman–Crippen LogP) is 6.55. The molecule has 1 atom stereocenters. The van der Waals surface area contributed by atoms with Gasteiger partial charge < -0.3 is 0 Å². The van der Waals surface area contributed by atoms with Gasteiger partial charge in [0.15, 0.2) is 0 Å². The van der Waals surface area contributed by atoms with E-state index in [-0.39, 0.29) is 12.5 Å². The lowest BCUT2D eigenvalue weighted by Crippen LogP contribution is -2.28. The Hall–Kier alpha value is -1.78. The number of halogens is 2. The fourth-order valence-corrected chi connectivity index (χ4v) is 4.58. The third kappa shape index (κ3) is 4.44. The van der Waals surface area contributed by atoms with Crippen LogP contribution in [0.5, 0.6) is 0 Å². The minimum Gasteiger partial charge on any atom is -0.293 e. The van der Waals surface area contributed by atoms with E-state index in [2.05, 4.69) is 60.2 Å². The normalized spacial score (nSPS) is 27.0. The number of alkyl halides is 2. The highest BCUT2D eigenvalue weighted by Crippen LogP contribution is 2.41.